The molecule has 0 bridgehead atoms. The Morgan fingerprint density at radius 2 is 1.41 bits per heavy atom. The maximum atomic E-state index is 15.5. The first kappa shape index (κ1) is 32.8. The molecule has 1 aliphatic carbocycles. The zero-order valence-corrected chi connectivity index (χ0v) is 28.8. The molecule has 0 spiro atoms. The van der Waals surface area contributed by atoms with Gasteiger partial charge in [-0.15, -0.1) is 0 Å². The highest BCUT2D eigenvalue weighted by atomic mass is 35.5. The third-order valence-electron chi connectivity index (χ3n) is 10.1. The molecule has 1 saturated heterocycles. The van der Waals surface area contributed by atoms with Gasteiger partial charge in [0.15, 0.2) is 23.1 Å². The van der Waals surface area contributed by atoms with Gasteiger partial charge < -0.3 is 15.5 Å². The predicted octanol–water partition coefficient (Wildman–Crippen LogP) is 8.05. The Hall–Kier alpha value is -5.35. The fraction of sp³-hybridized carbons (Fsp3) is 0.275. The van der Waals surface area contributed by atoms with Crippen LogP contribution in [0.1, 0.15) is 55.2 Å². The van der Waals surface area contributed by atoms with E-state index in [1.807, 2.05) is 70.2 Å². The second-order valence-electron chi connectivity index (χ2n) is 13.3. The summed E-state index contributed by atoms with van der Waals surface area (Å²) in [4.78, 5) is 28.7. The molecular formula is C40H38ClFN8O. The number of pyridine rings is 1. The first-order chi connectivity index (χ1) is 25.0. The van der Waals surface area contributed by atoms with Crippen LogP contribution < -0.4 is 10.6 Å². The van der Waals surface area contributed by atoms with E-state index in [1.165, 1.54) is 6.20 Å². The van der Waals surface area contributed by atoms with E-state index in [4.69, 9.17) is 26.7 Å². The summed E-state index contributed by atoms with van der Waals surface area (Å²) in [5.74, 6) is -0.228. The van der Waals surface area contributed by atoms with Crippen molar-refractivity contribution in [3.8, 4) is 11.5 Å². The van der Waals surface area contributed by atoms with Crippen LogP contribution >= 0.6 is 11.6 Å². The number of urea groups is 1. The number of carbonyl (C=O) groups excluding carboxylic acids is 1. The van der Waals surface area contributed by atoms with Gasteiger partial charge in [0, 0.05) is 31.4 Å². The summed E-state index contributed by atoms with van der Waals surface area (Å²) in [6.45, 7) is 1.59. The Balaban J connectivity index is 1.22. The van der Waals surface area contributed by atoms with Gasteiger partial charge in [-0.05, 0) is 61.3 Å². The second kappa shape index (κ2) is 14.1. The maximum Gasteiger partial charge on any atom is 0.317 e. The third-order valence-corrected chi connectivity index (χ3v) is 10.3. The number of amides is 2. The lowest BCUT2D eigenvalue weighted by molar-refractivity contribution is 0.199. The van der Waals surface area contributed by atoms with Crippen molar-refractivity contribution in [3.63, 3.8) is 0 Å². The Morgan fingerprint density at radius 1 is 0.804 bits per heavy atom. The molecule has 51 heavy (non-hydrogen) atoms. The average Bonchev–Trinajstić information content (AvgIpc) is 3.84. The van der Waals surface area contributed by atoms with Crippen LogP contribution in [0.2, 0.25) is 5.02 Å². The van der Waals surface area contributed by atoms with Crippen LogP contribution in [-0.2, 0) is 5.54 Å². The number of fused-ring (bicyclic) bond motifs is 1. The van der Waals surface area contributed by atoms with E-state index in [0.717, 1.165) is 61.9 Å². The number of hydrogen-bond acceptors (Lipinski definition) is 6. The van der Waals surface area contributed by atoms with E-state index in [9.17, 15) is 4.79 Å². The van der Waals surface area contributed by atoms with Crippen molar-refractivity contribution in [1.82, 2.24) is 34.9 Å². The number of aromatic nitrogens is 5. The molecule has 3 aromatic heterocycles. The van der Waals surface area contributed by atoms with Gasteiger partial charge in [0.25, 0.3) is 0 Å². The van der Waals surface area contributed by atoms with E-state index in [-0.39, 0.29) is 29.8 Å². The Labute approximate surface area is 300 Å². The standard InChI is InChI=1S/C40H38ClFN8O/c41-30-23-33-35(37-43-26-34(42)36(47-37)45-31-19-12-20-32(24-31)46-39(51)49-21-10-11-22-49)48-50(38(33)44-25-30)40(27-13-4-1-5-14-27,28-15-6-2-7-16-28)29-17-8-3-9-18-29/h1-9,13-18,23,25-26,31-32H,10-12,19-22,24H2,(H,46,51)(H,43,45,47)/t31?,32-/m1/s1. The van der Waals surface area contributed by atoms with Crippen LogP contribution in [0.5, 0.6) is 0 Å². The van der Waals surface area contributed by atoms with Gasteiger partial charge in [0.05, 0.1) is 16.6 Å². The van der Waals surface area contributed by atoms with Crippen molar-refractivity contribution < 1.29 is 9.18 Å². The Bertz CT molecular complexity index is 2040. The SMILES string of the molecule is O=C(N[C@@H]1CCCC(Nc2nc(-c3nn(C(c4ccccc4)(c4ccccc4)c4ccccc4)c4ncc(Cl)cc34)ncc2F)C1)N1CCCC1. The van der Waals surface area contributed by atoms with E-state index < -0.39 is 11.4 Å². The lowest BCUT2D eigenvalue weighted by atomic mass is 9.77. The third kappa shape index (κ3) is 6.29. The van der Waals surface area contributed by atoms with Gasteiger partial charge in [-0.2, -0.15) is 5.10 Å². The fourth-order valence-corrected chi connectivity index (χ4v) is 7.85. The number of nitrogens with one attached hydrogen (secondary N) is 2. The van der Waals surface area contributed by atoms with Crippen LogP contribution in [0.15, 0.2) is 109 Å². The Kier molecular flexibility index (Phi) is 9.08. The van der Waals surface area contributed by atoms with Crippen molar-refractivity contribution in [2.24, 2.45) is 0 Å². The molecule has 0 radical (unpaired) electrons. The average molecular weight is 701 g/mol. The molecule has 1 saturated carbocycles. The molecule has 1 aliphatic heterocycles. The second-order valence-corrected chi connectivity index (χ2v) is 13.8. The summed E-state index contributed by atoms with van der Waals surface area (Å²) in [5, 5.41) is 12.9. The summed E-state index contributed by atoms with van der Waals surface area (Å²) in [5.41, 5.74) is 2.95. The first-order valence-electron chi connectivity index (χ1n) is 17.6. The van der Waals surface area contributed by atoms with Crippen molar-refractivity contribution in [2.45, 2.75) is 56.1 Å². The molecular weight excluding hydrogens is 663 g/mol. The maximum absolute atomic E-state index is 15.5. The van der Waals surface area contributed by atoms with Gasteiger partial charge in [-0.1, -0.05) is 103 Å². The van der Waals surface area contributed by atoms with Gasteiger partial charge in [-0.3, -0.25) is 0 Å². The van der Waals surface area contributed by atoms with E-state index in [1.54, 1.807) is 6.20 Å². The molecule has 258 valence electrons. The molecule has 8 rings (SSSR count). The largest absolute Gasteiger partial charge is 0.365 e. The van der Waals surface area contributed by atoms with Crippen LogP contribution in [-0.4, -0.2) is 60.8 Å². The zero-order chi connectivity index (χ0) is 34.8. The summed E-state index contributed by atoms with van der Waals surface area (Å²) >= 11 is 6.58. The van der Waals surface area contributed by atoms with Crippen LogP contribution in [0.4, 0.5) is 15.0 Å². The van der Waals surface area contributed by atoms with Crippen molar-refractivity contribution >= 4 is 34.5 Å². The minimum Gasteiger partial charge on any atom is -0.365 e. The number of carbonyl (C=O) groups is 1. The molecule has 4 heterocycles. The van der Waals surface area contributed by atoms with Crippen molar-refractivity contribution in [2.75, 3.05) is 18.4 Å². The molecule has 2 atom stereocenters. The predicted molar refractivity (Wildman–Crippen MR) is 197 cm³/mol. The number of halogens is 2. The number of hydrogen-bond donors (Lipinski definition) is 2. The number of benzene rings is 3. The number of rotatable bonds is 8. The van der Waals surface area contributed by atoms with Gasteiger partial charge >= 0.3 is 6.03 Å². The van der Waals surface area contributed by atoms with Gasteiger partial charge in [0.1, 0.15) is 11.2 Å². The lowest BCUT2D eigenvalue weighted by Crippen LogP contribution is -2.47. The van der Waals surface area contributed by atoms with E-state index in [0.29, 0.717) is 28.2 Å². The molecule has 3 aromatic carbocycles. The van der Waals surface area contributed by atoms with Crippen LogP contribution in [0, 0.1) is 5.82 Å². The number of likely N-dealkylation sites (tertiary alicyclic amines) is 1. The lowest BCUT2D eigenvalue weighted by Gasteiger charge is -2.36. The van der Waals surface area contributed by atoms with E-state index in [2.05, 4.69) is 52.0 Å². The summed E-state index contributed by atoms with van der Waals surface area (Å²) < 4.78 is 17.4. The summed E-state index contributed by atoms with van der Waals surface area (Å²) in [6.07, 6.45) is 8.17. The van der Waals surface area contributed by atoms with Crippen LogP contribution in [0.3, 0.4) is 0 Å². The molecule has 11 heteroatoms. The summed E-state index contributed by atoms with van der Waals surface area (Å²) in [6, 6.07) is 32.3. The molecule has 1 unspecified atom stereocenters. The van der Waals surface area contributed by atoms with Gasteiger partial charge in [-0.25, -0.2) is 28.8 Å². The molecule has 2 N–H and O–H groups in total. The van der Waals surface area contributed by atoms with E-state index >= 15 is 4.39 Å². The topological polar surface area (TPSA) is 101 Å². The quantitative estimate of drug-likeness (QED) is 0.156. The number of anilines is 1. The van der Waals surface area contributed by atoms with Crippen LogP contribution in [0.25, 0.3) is 22.6 Å². The molecule has 2 aliphatic rings. The zero-order valence-electron chi connectivity index (χ0n) is 28.1. The molecule has 2 amide bonds. The highest BCUT2D eigenvalue weighted by Gasteiger charge is 2.42. The minimum absolute atomic E-state index is 0.00339. The molecule has 2 fully saturated rings. The number of nitrogens with zero attached hydrogens (tertiary/aromatic N) is 6. The highest BCUT2D eigenvalue weighted by Crippen LogP contribution is 2.43. The molecule has 9 nitrogen and oxygen atoms in total. The van der Waals surface area contributed by atoms with Crippen molar-refractivity contribution in [1.29, 1.82) is 0 Å². The molecule has 6 aromatic rings. The van der Waals surface area contributed by atoms with Gasteiger partial charge in [0.2, 0.25) is 0 Å². The Morgan fingerprint density at radius 3 is 2.04 bits per heavy atom. The summed E-state index contributed by atoms with van der Waals surface area (Å²) in [7, 11) is 0. The smallest absolute Gasteiger partial charge is 0.317 e. The highest BCUT2D eigenvalue weighted by molar-refractivity contribution is 6.31. The van der Waals surface area contributed by atoms with Crippen molar-refractivity contribution in [3.05, 3.63) is 137 Å². The fourth-order valence-electron chi connectivity index (χ4n) is 7.69. The normalized spacial score (nSPS) is 17.8. The minimum atomic E-state index is -0.959. The first-order valence-corrected chi connectivity index (χ1v) is 17.9. The monoisotopic (exact) mass is 700 g/mol.